The quantitative estimate of drug-likeness (QED) is 0.380. The Morgan fingerprint density at radius 2 is 2.35 bits per heavy atom. The third kappa shape index (κ3) is 2.29. The molecule has 2 aromatic heterocycles. The molecule has 0 unspecified atom stereocenters. The van der Waals surface area contributed by atoms with Crippen molar-refractivity contribution >= 4 is 32.9 Å². The van der Waals surface area contributed by atoms with Gasteiger partial charge in [-0.1, -0.05) is 0 Å². The van der Waals surface area contributed by atoms with Crippen LogP contribution in [0, 0.1) is 5.53 Å². The number of hydrogen-bond donors (Lipinski definition) is 2. The molecule has 0 aromatic carbocycles. The average molecular weight is 298 g/mol. The van der Waals surface area contributed by atoms with Gasteiger partial charge in [-0.05, 0) is 22.4 Å². The lowest BCUT2D eigenvalue weighted by Crippen LogP contribution is -2.02. The van der Waals surface area contributed by atoms with E-state index in [0.717, 1.165) is 6.42 Å². The zero-order valence-electron chi connectivity index (χ0n) is 8.84. The summed E-state index contributed by atoms with van der Waals surface area (Å²) >= 11 is 3.35. The molecule has 0 saturated carbocycles. The van der Waals surface area contributed by atoms with Crippen molar-refractivity contribution in [3.63, 3.8) is 0 Å². The van der Waals surface area contributed by atoms with Crippen molar-refractivity contribution < 1.29 is 0 Å². The summed E-state index contributed by atoms with van der Waals surface area (Å²) in [5.41, 5.74) is 13.5. The van der Waals surface area contributed by atoms with Gasteiger partial charge in [0.2, 0.25) is 4.91 Å². The van der Waals surface area contributed by atoms with Crippen molar-refractivity contribution in [1.82, 2.24) is 24.4 Å². The van der Waals surface area contributed by atoms with Gasteiger partial charge in [0, 0.05) is 6.54 Å². The van der Waals surface area contributed by atoms with Gasteiger partial charge in [0.1, 0.15) is 23.5 Å². The van der Waals surface area contributed by atoms with E-state index in [0.29, 0.717) is 34.8 Å². The Morgan fingerprint density at radius 1 is 1.53 bits per heavy atom. The summed E-state index contributed by atoms with van der Waals surface area (Å²) in [6.07, 6.45) is 2.15. The van der Waals surface area contributed by atoms with Crippen LogP contribution in [-0.2, 0) is 6.54 Å². The number of anilines is 1. The van der Waals surface area contributed by atoms with Crippen molar-refractivity contribution in [3.05, 3.63) is 11.1 Å². The van der Waals surface area contributed by atoms with E-state index in [9.17, 15) is 0 Å². The molecule has 8 nitrogen and oxygen atoms in total. The van der Waals surface area contributed by atoms with E-state index in [1.165, 1.54) is 6.33 Å². The summed E-state index contributed by atoms with van der Waals surface area (Å²) in [5, 5.41) is 3.58. The third-order valence-corrected chi connectivity index (χ3v) is 2.83. The molecule has 2 heterocycles. The van der Waals surface area contributed by atoms with Gasteiger partial charge < -0.3 is 10.3 Å². The Morgan fingerprint density at radius 3 is 3.12 bits per heavy atom. The van der Waals surface area contributed by atoms with Crippen LogP contribution in [0.5, 0.6) is 0 Å². The van der Waals surface area contributed by atoms with Gasteiger partial charge in [-0.2, -0.15) is 0 Å². The van der Waals surface area contributed by atoms with Gasteiger partial charge in [0.25, 0.3) is 0 Å². The van der Waals surface area contributed by atoms with Gasteiger partial charge in [-0.3, -0.25) is 0 Å². The second-order valence-corrected chi connectivity index (χ2v) is 3.99. The second kappa shape index (κ2) is 4.98. The van der Waals surface area contributed by atoms with Crippen molar-refractivity contribution in [2.24, 2.45) is 5.11 Å². The second-order valence-electron chi connectivity index (χ2n) is 3.28. The minimum atomic E-state index is 0.361. The SMILES string of the molecule is N=[N+]=NCCCn1c(Br)nc2c(N)ncnc21. The van der Waals surface area contributed by atoms with E-state index in [2.05, 4.69) is 40.9 Å². The van der Waals surface area contributed by atoms with Crippen LogP contribution in [0.1, 0.15) is 6.42 Å². The first-order chi connectivity index (χ1) is 8.24. The maximum absolute atomic E-state index is 6.55. The van der Waals surface area contributed by atoms with Crippen LogP contribution < -0.4 is 10.6 Å². The van der Waals surface area contributed by atoms with E-state index in [-0.39, 0.29) is 0 Å². The number of hydrogen-bond acceptors (Lipinski definition) is 6. The fraction of sp³-hybridized carbons (Fsp3) is 0.375. The van der Waals surface area contributed by atoms with E-state index in [1.807, 2.05) is 4.57 Å². The van der Waals surface area contributed by atoms with Crippen LogP contribution in [0.25, 0.3) is 11.2 Å². The molecule has 0 fully saturated rings. The molecule has 2 rings (SSSR count). The third-order valence-electron chi connectivity index (χ3n) is 2.22. The number of nitrogens with one attached hydrogen (secondary N) is 1. The number of imidazole rings is 1. The molecule has 17 heavy (non-hydrogen) atoms. The summed E-state index contributed by atoms with van der Waals surface area (Å²) in [7, 11) is 0. The molecule has 9 heteroatoms. The van der Waals surface area contributed by atoms with Gasteiger partial charge in [-0.25, -0.2) is 15.0 Å². The monoisotopic (exact) mass is 297 g/mol. The minimum Gasteiger partial charge on any atom is -0.382 e. The van der Waals surface area contributed by atoms with E-state index < -0.39 is 0 Å². The average Bonchev–Trinajstić information content (AvgIpc) is 2.63. The Kier molecular flexibility index (Phi) is 3.40. The Labute approximate surface area is 105 Å². The lowest BCUT2D eigenvalue weighted by Gasteiger charge is -2.01. The topological polar surface area (TPSA) is 120 Å². The van der Waals surface area contributed by atoms with Crippen LogP contribution in [0.2, 0.25) is 0 Å². The first-order valence-corrected chi connectivity index (χ1v) is 5.68. The zero-order valence-corrected chi connectivity index (χ0v) is 10.4. The Bertz CT molecular complexity index is 584. The molecule has 0 aliphatic carbocycles. The van der Waals surface area contributed by atoms with Gasteiger partial charge in [-0.15, -0.1) is 0 Å². The van der Waals surface area contributed by atoms with E-state index in [4.69, 9.17) is 11.3 Å². The molecule has 0 aliphatic rings. The normalized spacial score (nSPS) is 10.4. The molecule has 88 valence electrons. The smallest absolute Gasteiger partial charge is 0.214 e. The maximum Gasteiger partial charge on any atom is 0.214 e. The molecule has 0 spiro atoms. The molecule has 0 radical (unpaired) electrons. The highest BCUT2D eigenvalue weighted by atomic mass is 79.9. The number of fused-ring (bicyclic) bond motifs is 1. The highest BCUT2D eigenvalue weighted by molar-refractivity contribution is 9.10. The summed E-state index contributed by atoms with van der Waals surface area (Å²) in [6.45, 7) is 1.17. The number of halogens is 1. The highest BCUT2D eigenvalue weighted by Crippen LogP contribution is 2.21. The van der Waals surface area contributed by atoms with Crippen LogP contribution in [-0.4, -0.2) is 26.1 Å². The predicted molar refractivity (Wildman–Crippen MR) is 64.2 cm³/mol. The van der Waals surface area contributed by atoms with Gasteiger partial charge >= 0.3 is 0 Å². The first kappa shape index (κ1) is 11.6. The van der Waals surface area contributed by atoms with E-state index >= 15 is 0 Å². The molecule has 0 aliphatic heterocycles. The number of aryl methyl sites for hydroxylation is 1. The van der Waals surface area contributed by atoms with E-state index in [1.54, 1.807) is 0 Å². The van der Waals surface area contributed by atoms with Gasteiger partial charge in [0.15, 0.2) is 21.7 Å². The molecule has 0 bridgehead atoms. The zero-order chi connectivity index (χ0) is 12.3. The first-order valence-electron chi connectivity index (χ1n) is 4.89. The fourth-order valence-electron chi connectivity index (χ4n) is 1.48. The highest BCUT2D eigenvalue weighted by Gasteiger charge is 2.12. The van der Waals surface area contributed by atoms with Crippen molar-refractivity contribution in [1.29, 1.82) is 5.53 Å². The van der Waals surface area contributed by atoms with Crippen LogP contribution in [0.4, 0.5) is 5.82 Å². The number of rotatable bonds is 4. The Hall–Kier alpha value is -1.86. The molecule has 0 saturated heterocycles. The molecule has 2 aromatic rings. The standard InChI is InChI=1S/C8H10BrN8/c9-8-15-5-6(10)12-4-13-7(5)17(8)3-1-2-14-16-11/h4,11H,1-3H2,(H2,10,12,13)/q+1. The molecular formula is C8H10BrN8+. The van der Waals surface area contributed by atoms with Crippen molar-refractivity contribution in [3.8, 4) is 0 Å². The van der Waals surface area contributed by atoms with Crippen molar-refractivity contribution in [2.45, 2.75) is 13.0 Å². The Balaban J connectivity index is 2.30. The number of aromatic nitrogens is 4. The summed E-state index contributed by atoms with van der Waals surface area (Å²) < 4.78 is 2.54. The molecular weight excluding hydrogens is 288 g/mol. The van der Waals surface area contributed by atoms with Crippen LogP contribution in [0.3, 0.4) is 0 Å². The maximum atomic E-state index is 6.55. The number of nitrogens with zero attached hydrogens (tertiary/aromatic N) is 6. The lowest BCUT2D eigenvalue weighted by molar-refractivity contribution is 0.634. The summed E-state index contributed by atoms with van der Waals surface area (Å²) in [6, 6.07) is 0. The lowest BCUT2D eigenvalue weighted by atomic mass is 10.4. The van der Waals surface area contributed by atoms with Crippen molar-refractivity contribution in [2.75, 3.05) is 12.3 Å². The molecule has 3 N–H and O–H groups in total. The minimum absolute atomic E-state index is 0.361. The molecule has 0 amide bonds. The van der Waals surface area contributed by atoms with Crippen LogP contribution in [0.15, 0.2) is 16.2 Å². The predicted octanol–water partition coefficient (Wildman–Crippen LogP) is 1.11. The van der Waals surface area contributed by atoms with Gasteiger partial charge in [0.05, 0.1) is 0 Å². The molecule has 0 atom stereocenters. The fourth-order valence-corrected chi connectivity index (χ4v) is 2.00. The number of nitrogen functional groups attached to an aromatic ring is 1. The summed E-state index contributed by atoms with van der Waals surface area (Å²) in [4.78, 5) is 15.2. The summed E-state index contributed by atoms with van der Waals surface area (Å²) in [5.74, 6) is 0.361. The number of nitrogens with two attached hydrogens (primary N) is 1. The van der Waals surface area contributed by atoms with Crippen LogP contribution >= 0.6 is 15.9 Å². The largest absolute Gasteiger partial charge is 0.382 e.